The predicted octanol–water partition coefficient (Wildman–Crippen LogP) is 2.89. The fourth-order valence-corrected chi connectivity index (χ4v) is 8.17. The number of likely N-dealkylation sites (tertiary alicyclic amines) is 2. The average Bonchev–Trinajstić information content (AvgIpc) is 3.30. The number of carbonyl (C=O) groups excluding carboxylic acids is 4. The summed E-state index contributed by atoms with van der Waals surface area (Å²) in [7, 11) is 0. The zero-order chi connectivity index (χ0) is 26.6. The van der Waals surface area contributed by atoms with Crippen LogP contribution >= 0.6 is 23.1 Å². The number of rotatable bonds is 3. The van der Waals surface area contributed by atoms with Crippen LogP contribution in [0.3, 0.4) is 0 Å². The first kappa shape index (κ1) is 25.7. The van der Waals surface area contributed by atoms with Crippen LogP contribution in [0.2, 0.25) is 0 Å². The fourth-order valence-electron chi connectivity index (χ4n) is 5.40. The molecule has 0 saturated carbocycles. The van der Waals surface area contributed by atoms with E-state index in [4.69, 9.17) is 5.73 Å². The maximum Gasteiger partial charge on any atom is 0.328 e. The van der Waals surface area contributed by atoms with Crippen LogP contribution < -0.4 is 10.6 Å². The second-order valence-electron chi connectivity index (χ2n) is 10.8. The molecule has 196 valence electrons. The zero-order valence-corrected chi connectivity index (χ0v) is 22.7. The van der Waals surface area contributed by atoms with Gasteiger partial charge < -0.3 is 10.6 Å². The second-order valence-corrected chi connectivity index (χ2v) is 13.0. The van der Waals surface area contributed by atoms with Crippen molar-refractivity contribution in [2.24, 2.45) is 11.7 Å². The van der Waals surface area contributed by atoms with Crippen LogP contribution in [-0.4, -0.2) is 56.5 Å². The lowest BCUT2D eigenvalue weighted by Gasteiger charge is -2.31. The van der Waals surface area contributed by atoms with Gasteiger partial charge in [0, 0.05) is 23.9 Å². The molecule has 1 aromatic carbocycles. The molecular weight excluding hydrogens is 512 g/mol. The van der Waals surface area contributed by atoms with Gasteiger partial charge in [0.2, 0.25) is 11.8 Å². The largest absolute Gasteiger partial charge is 0.351 e. The van der Waals surface area contributed by atoms with Crippen LogP contribution in [0.5, 0.6) is 0 Å². The van der Waals surface area contributed by atoms with Crippen LogP contribution in [-0.2, 0) is 26.3 Å². The van der Waals surface area contributed by atoms with E-state index in [0.717, 1.165) is 53.5 Å². The molecule has 4 heterocycles. The molecule has 37 heavy (non-hydrogen) atoms. The van der Waals surface area contributed by atoms with Gasteiger partial charge in [-0.25, -0.2) is 4.79 Å². The van der Waals surface area contributed by atoms with Crippen molar-refractivity contribution < 1.29 is 19.2 Å². The molecule has 9 nitrogen and oxygen atoms in total. The van der Waals surface area contributed by atoms with E-state index in [9.17, 15) is 24.0 Å². The van der Waals surface area contributed by atoms with Gasteiger partial charge in [-0.15, -0.1) is 0 Å². The number of urea groups is 1. The molecule has 2 aromatic rings. The van der Waals surface area contributed by atoms with Gasteiger partial charge in [0.05, 0.1) is 10.9 Å². The Morgan fingerprint density at radius 2 is 1.65 bits per heavy atom. The molecule has 0 spiro atoms. The quantitative estimate of drug-likeness (QED) is 0.595. The number of amides is 5. The predicted molar refractivity (Wildman–Crippen MR) is 141 cm³/mol. The van der Waals surface area contributed by atoms with Crippen LogP contribution in [0, 0.1) is 5.92 Å². The first-order valence-corrected chi connectivity index (χ1v) is 14.1. The van der Waals surface area contributed by atoms with Gasteiger partial charge in [-0.3, -0.25) is 23.7 Å². The Morgan fingerprint density at radius 3 is 2.24 bits per heavy atom. The number of benzene rings is 1. The highest BCUT2D eigenvalue weighted by atomic mass is 32.2. The van der Waals surface area contributed by atoms with E-state index in [1.807, 2.05) is 24.3 Å². The normalized spacial score (nSPS) is 23.7. The van der Waals surface area contributed by atoms with Gasteiger partial charge >= 0.3 is 10.9 Å². The summed E-state index contributed by atoms with van der Waals surface area (Å²) >= 11 is 2.08. The highest BCUT2D eigenvalue weighted by molar-refractivity contribution is 8.00. The summed E-state index contributed by atoms with van der Waals surface area (Å²) in [6.07, 6.45) is 2.96. The number of hydrogen-bond acceptors (Lipinski definition) is 7. The number of fused-ring (bicyclic) bond motifs is 2. The third-order valence-corrected chi connectivity index (χ3v) is 10.0. The minimum absolute atomic E-state index is 0.0838. The summed E-state index contributed by atoms with van der Waals surface area (Å²) in [4.78, 5) is 67.4. The molecule has 0 bridgehead atoms. The van der Waals surface area contributed by atoms with Crippen molar-refractivity contribution in [1.82, 2.24) is 14.4 Å². The Bertz CT molecular complexity index is 1330. The van der Waals surface area contributed by atoms with Crippen LogP contribution in [0.1, 0.15) is 62.0 Å². The Morgan fingerprint density at radius 1 is 1.00 bits per heavy atom. The number of hydrogen-bond donors (Lipinski definition) is 1. The van der Waals surface area contributed by atoms with Crippen LogP contribution in [0.25, 0.3) is 0 Å². The molecule has 0 radical (unpaired) electrons. The molecule has 2 N–H and O–H groups in total. The van der Waals surface area contributed by atoms with Gasteiger partial charge in [-0.05, 0) is 35.8 Å². The first-order chi connectivity index (χ1) is 17.5. The van der Waals surface area contributed by atoms with E-state index in [1.54, 1.807) is 4.90 Å². The third-order valence-electron chi connectivity index (χ3n) is 7.41. The molecular formula is C26H30N4O5S2. The number of nitrogens with two attached hydrogens (primary N) is 1. The molecule has 0 unspecified atom stereocenters. The topological polar surface area (TPSA) is 123 Å². The molecule has 2 fully saturated rings. The fraction of sp³-hybridized carbons (Fsp3) is 0.500. The van der Waals surface area contributed by atoms with Crippen molar-refractivity contribution in [3.63, 3.8) is 0 Å². The molecule has 5 amide bonds. The number of piperidine rings is 1. The van der Waals surface area contributed by atoms with Crippen molar-refractivity contribution in [3.05, 3.63) is 49.9 Å². The van der Waals surface area contributed by atoms with Crippen molar-refractivity contribution in [3.8, 4) is 0 Å². The molecule has 1 aromatic heterocycles. The summed E-state index contributed by atoms with van der Waals surface area (Å²) < 4.78 is 1.43. The maximum absolute atomic E-state index is 13.3. The maximum atomic E-state index is 13.3. The minimum atomic E-state index is -1.10. The lowest BCUT2D eigenvalue weighted by atomic mass is 9.81. The smallest absolute Gasteiger partial charge is 0.328 e. The number of aromatic nitrogens is 1. The lowest BCUT2D eigenvalue weighted by Crippen LogP contribution is -2.41. The van der Waals surface area contributed by atoms with Gasteiger partial charge in [0.25, 0.3) is 5.91 Å². The summed E-state index contributed by atoms with van der Waals surface area (Å²) in [5.74, 6) is -2.95. The Kier molecular flexibility index (Phi) is 6.56. The molecule has 3 atom stereocenters. The first-order valence-electron chi connectivity index (χ1n) is 12.4. The second kappa shape index (κ2) is 9.43. The van der Waals surface area contributed by atoms with Crippen molar-refractivity contribution >= 4 is 46.9 Å². The number of primary amides is 1. The number of nitrogens with zero attached hydrogens (tertiary/aromatic N) is 3. The van der Waals surface area contributed by atoms with E-state index < -0.39 is 34.9 Å². The number of thioether (sulfide) groups is 1. The SMILES string of the molecule is CC(C)(C)c1ccc([C@@H]2c3sc(=O)n(CC(=O)N4CCCCC4)c3S[C@@H]3C(=O)N(C(N)=O)C(=O)[C@H]23)cc1. The van der Waals surface area contributed by atoms with Crippen molar-refractivity contribution in [2.75, 3.05) is 13.1 Å². The van der Waals surface area contributed by atoms with E-state index in [0.29, 0.717) is 27.9 Å². The van der Waals surface area contributed by atoms with E-state index in [1.165, 1.54) is 4.57 Å². The van der Waals surface area contributed by atoms with E-state index >= 15 is 0 Å². The number of thiazole rings is 1. The van der Waals surface area contributed by atoms with Crippen molar-refractivity contribution in [2.45, 2.75) is 68.2 Å². The number of imide groups is 3. The van der Waals surface area contributed by atoms with E-state index in [2.05, 4.69) is 20.8 Å². The minimum Gasteiger partial charge on any atom is -0.351 e. The molecule has 0 aliphatic carbocycles. The molecule has 3 aliphatic rings. The summed E-state index contributed by atoms with van der Waals surface area (Å²) in [5, 5.41) is -0.399. The Hall–Kier alpha value is -2.92. The molecule has 11 heteroatoms. The summed E-state index contributed by atoms with van der Waals surface area (Å²) in [5.41, 5.74) is 7.19. The van der Waals surface area contributed by atoms with Gasteiger partial charge in [-0.2, -0.15) is 4.90 Å². The van der Waals surface area contributed by atoms with Crippen LogP contribution in [0.15, 0.2) is 34.1 Å². The van der Waals surface area contributed by atoms with Gasteiger partial charge in [-0.1, -0.05) is 68.1 Å². The third kappa shape index (κ3) is 4.41. The van der Waals surface area contributed by atoms with Gasteiger partial charge in [0.15, 0.2) is 0 Å². The zero-order valence-electron chi connectivity index (χ0n) is 21.1. The summed E-state index contributed by atoms with van der Waals surface area (Å²) in [6.45, 7) is 7.52. The van der Waals surface area contributed by atoms with E-state index in [-0.39, 0.29) is 22.7 Å². The Labute approximate surface area is 223 Å². The highest BCUT2D eigenvalue weighted by Crippen LogP contribution is 2.53. The Balaban J connectivity index is 1.59. The molecule has 2 saturated heterocycles. The van der Waals surface area contributed by atoms with Gasteiger partial charge in [0.1, 0.15) is 11.8 Å². The average molecular weight is 543 g/mol. The summed E-state index contributed by atoms with van der Waals surface area (Å²) in [6, 6.07) is 6.70. The van der Waals surface area contributed by atoms with Crippen molar-refractivity contribution in [1.29, 1.82) is 0 Å². The van der Waals surface area contributed by atoms with Crippen LogP contribution in [0.4, 0.5) is 4.79 Å². The lowest BCUT2D eigenvalue weighted by molar-refractivity contribution is -0.136. The number of carbonyl (C=O) groups is 4. The highest BCUT2D eigenvalue weighted by Gasteiger charge is 2.57. The molecule has 3 aliphatic heterocycles. The monoisotopic (exact) mass is 542 g/mol. The standard InChI is InChI=1S/C26H30N4O5S2/c1-26(2,3)15-9-7-14(8-10-15)17-18-19(22(33)30(21(18)32)24(27)34)36-23-20(17)37-25(35)29(23)13-16(31)28-11-5-4-6-12-28/h7-10,17-19H,4-6,11-13H2,1-3H3,(H2,27,34)/t17-,18+,19-/m0/s1. The molecule has 5 rings (SSSR count).